The summed E-state index contributed by atoms with van der Waals surface area (Å²) >= 11 is 0. The lowest BCUT2D eigenvalue weighted by atomic mass is 10.1. The lowest BCUT2D eigenvalue weighted by molar-refractivity contribution is -0.115. The molecular formula is C23H19F2N3O3. The Morgan fingerprint density at radius 2 is 1.39 bits per heavy atom. The minimum atomic E-state index is -0.567. The van der Waals surface area contributed by atoms with Crippen LogP contribution in [0, 0.1) is 11.6 Å². The van der Waals surface area contributed by atoms with Gasteiger partial charge in [-0.3, -0.25) is 14.4 Å². The fraction of sp³-hybridized carbons (Fsp3) is 0.0870. The van der Waals surface area contributed by atoms with E-state index in [2.05, 4.69) is 16.0 Å². The topological polar surface area (TPSA) is 87.3 Å². The van der Waals surface area contributed by atoms with Crippen LogP contribution in [-0.4, -0.2) is 24.3 Å². The highest BCUT2D eigenvalue weighted by Crippen LogP contribution is 2.10. The predicted octanol–water partition coefficient (Wildman–Crippen LogP) is 3.26. The molecule has 0 heterocycles. The normalized spacial score (nSPS) is 10.3. The summed E-state index contributed by atoms with van der Waals surface area (Å²) in [6, 6.07) is 17.1. The monoisotopic (exact) mass is 423 g/mol. The average molecular weight is 423 g/mol. The molecule has 158 valence electrons. The molecule has 0 atom stereocenters. The zero-order valence-electron chi connectivity index (χ0n) is 16.3. The van der Waals surface area contributed by atoms with Crippen molar-refractivity contribution in [2.75, 3.05) is 11.9 Å². The van der Waals surface area contributed by atoms with Crippen LogP contribution in [0.3, 0.4) is 0 Å². The summed E-state index contributed by atoms with van der Waals surface area (Å²) in [5.41, 5.74) is 1.71. The van der Waals surface area contributed by atoms with Crippen molar-refractivity contribution in [2.24, 2.45) is 0 Å². The Labute approximate surface area is 177 Å². The molecule has 0 spiro atoms. The van der Waals surface area contributed by atoms with Gasteiger partial charge < -0.3 is 16.0 Å². The molecule has 0 radical (unpaired) electrons. The van der Waals surface area contributed by atoms with Crippen molar-refractivity contribution in [3.8, 4) is 0 Å². The van der Waals surface area contributed by atoms with E-state index in [1.165, 1.54) is 30.3 Å². The van der Waals surface area contributed by atoms with Gasteiger partial charge in [0.15, 0.2) is 0 Å². The van der Waals surface area contributed by atoms with Gasteiger partial charge in [0.1, 0.15) is 11.6 Å². The summed E-state index contributed by atoms with van der Waals surface area (Å²) < 4.78 is 26.1. The van der Waals surface area contributed by atoms with E-state index in [4.69, 9.17) is 0 Å². The molecule has 0 saturated heterocycles. The molecule has 3 rings (SSSR count). The van der Waals surface area contributed by atoms with Gasteiger partial charge in [-0.05, 0) is 60.2 Å². The number of halogens is 2. The van der Waals surface area contributed by atoms with Crippen molar-refractivity contribution in [1.29, 1.82) is 0 Å². The Bertz CT molecular complexity index is 1080. The van der Waals surface area contributed by atoms with E-state index >= 15 is 0 Å². The first-order chi connectivity index (χ1) is 14.9. The summed E-state index contributed by atoms with van der Waals surface area (Å²) in [4.78, 5) is 36.2. The summed E-state index contributed by atoms with van der Waals surface area (Å²) in [5.74, 6) is -2.24. The lowest BCUT2D eigenvalue weighted by Crippen LogP contribution is -2.32. The number of nitrogens with one attached hydrogen (secondary N) is 3. The Morgan fingerprint density at radius 1 is 0.710 bits per heavy atom. The second kappa shape index (κ2) is 10.1. The van der Waals surface area contributed by atoms with Crippen LogP contribution in [-0.2, 0) is 11.3 Å². The van der Waals surface area contributed by atoms with Crippen LogP contribution in [0.5, 0.6) is 0 Å². The van der Waals surface area contributed by atoms with Crippen LogP contribution in [0.1, 0.15) is 26.3 Å². The van der Waals surface area contributed by atoms with Crippen molar-refractivity contribution in [3.63, 3.8) is 0 Å². The zero-order chi connectivity index (χ0) is 22.2. The molecule has 0 aromatic heterocycles. The first-order valence-corrected chi connectivity index (χ1v) is 9.37. The van der Waals surface area contributed by atoms with Crippen LogP contribution < -0.4 is 16.0 Å². The number of anilines is 1. The SMILES string of the molecule is O=C(CNC(=O)c1cccc(F)c1)Nc1ccc(C(=O)NCc2ccc(F)cc2)cc1. The molecule has 3 aromatic carbocycles. The molecule has 0 fully saturated rings. The van der Waals surface area contributed by atoms with Crippen LogP contribution in [0.25, 0.3) is 0 Å². The number of hydrogen-bond acceptors (Lipinski definition) is 3. The van der Waals surface area contributed by atoms with E-state index in [9.17, 15) is 23.2 Å². The van der Waals surface area contributed by atoms with Crippen molar-refractivity contribution < 1.29 is 23.2 Å². The minimum absolute atomic E-state index is 0.115. The molecule has 31 heavy (non-hydrogen) atoms. The van der Waals surface area contributed by atoms with Gasteiger partial charge in [0.25, 0.3) is 11.8 Å². The maximum absolute atomic E-state index is 13.2. The highest BCUT2D eigenvalue weighted by molar-refractivity contribution is 5.99. The molecule has 3 N–H and O–H groups in total. The van der Waals surface area contributed by atoms with Crippen molar-refractivity contribution in [3.05, 3.63) is 101 Å². The van der Waals surface area contributed by atoms with E-state index in [1.54, 1.807) is 36.4 Å². The van der Waals surface area contributed by atoms with Crippen LogP contribution in [0.4, 0.5) is 14.5 Å². The number of rotatable bonds is 7. The van der Waals surface area contributed by atoms with E-state index in [1.807, 2.05) is 0 Å². The number of carbonyl (C=O) groups is 3. The van der Waals surface area contributed by atoms with Crippen LogP contribution in [0.2, 0.25) is 0 Å². The number of benzene rings is 3. The van der Waals surface area contributed by atoms with Gasteiger partial charge in [0.2, 0.25) is 5.91 Å². The third-order valence-electron chi connectivity index (χ3n) is 4.29. The van der Waals surface area contributed by atoms with Gasteiger partial charge >= 0.3 is 0 Å². The van der Waals surface area contributed by atoms with Crippen LogP contribution in [0.15, 0.2) is 72.8 Å². The summed E-state index contributed by atoms with van der Waals surface area (Å²) in [5, 5.41) is 7.73. The number of hydrogen-bond donors (Lipinski definition) is 3. The number of amides is 3. The molecular weight excluding hydrogens is 404 g/mol. The average Bonchev–Trinajstić information content (AvgIpc) is 2.77. The highest BCUT2D eigenvalue weighted by atomic mass is 19.1. The molecule has 0 aliphatic rings. The van der Waals surface area contributed by atoms with Gasteiger partial charge in [-0.15, -0.1) is 0 Å². The molecule has 0 bridgehead atoms. The Balaban J connectivity index is 1.46. The van der Waals surface area contributed by atoms with Gasteiger partial charge in [0.05, 0.1) is 6.54 Å². The molecule has 3 aromatic rings. The van der Waals surface area contributed by atoms with Crippen molar-refractivity contribution in [1.82, 2.24) is 10.6 Å². The minimum Gasteiger partial charge on any atom is -0.348 e. The zero-order valence-corrected chi connectivity index (χ0v) is 16.3. The smallest absolute Gasteiger partial charge is 0.251 e. The van der Waals surface area contributed by atoms with E-state index in [-0.39, 0.29) is 30.4 Å². The molecule has 3 amide bonds. The third kappa shape index (κ3) is 6.46. The molecule has 0 aliphatic heterocycles. The summed E-state index contributed by atoms with van der Waals surface area (Å²) in [6.07, 6.45) is 0. The molecule has 8 heteroatoms. The molecule has 0 aliphatic carbocycles. The second-order valence-electron chi connectivity index (χ2n) is 6.63. The van der Waals surface area contributed by atoms with Gasteiger partial charge in [-0.25, -0.2) is 8.78 Å². The second-order valence-corrected chi connectivity index (χ2v) is 6.63. The van der Waals surface area contributed by atoms with E-state index in [0.29, 0.717) is 11.3 Å². The quantitative estimate of drug-likeness (QED) is 0.545. The molecule has 6 nitrogen and oxygen atoms in total. The Hall–Kier alpha value is -4.07. The van der Waals surface area contributed by atoms with Crippen molar-refractivity contribution >= 4 is 23.4 Å². The Kier molecular flexibility index (Phi) is 7.05. The summed E-state index contributed by atoms with van der Waals surface area (Å²) in [7, 11) is 0. The molecule has 0 saturated carbocycles. The van der Waals surface area contributed by atoms with E-state index in [0.717, 1.165) is 11.6 Å². The maximum atomic E-state index is 13.2. The Morgan fingerprint density at radius 3 is 2.06 bits per heavy atom. The first-order valence-electron chi connectivity index (χ1n) is 9.37. The highest BCUT2D eigenvalue weighted by Gasteiger charge is 2.10. The van der Waals surface area contributed by atoms with Gasteiger partial charge in [-0.1, -0.05) is 18.2 Å². The van der Waals surface area contributed by atoms with Crippen molar-refractivity contribution in [2.45, 2.75) is 6.54 Å². The third-order valence-corrected chi connectivity index (χ3v) is 4.29. The lowest BCUT2D eigenvalue weighted by Gasteiger charge is -2.09. The van der Waals surface area contributed by atoms with Crippen LogP contribution >= 0.6 is 0 Å². The maximum Gasteiger partial charge on any atom is 0.251 e. The van der Waals surface area contributed by atoms with Gasteiger partial charge in [0, 0.05) is 23.4 Å². The number of carbonyl (C=O) groups excluding carboxylic acids is 3. The van der Waals surface area contributed by atoms with E-state index < -0.39 is 17.6 Å². The fourth-order valence-electron chi connectivity index (χ4n) is 2.69. The standard InChI is InChI=1S/C23H19F2N3O3/c24-18-8-4-15(5-9-18)13-26-22(30)16-6-10-20(11-7-16)28-21(29)14-27-23(31)17-2-1-3-19(25)12-17/h1-12H,13-14H2,(H,26,30)(H,27,31)(H,28,29). The van der Waals surface area contributed by atoms with Gasteiger partial charge in [-0.2, -0.15) is 0 Å². The molecule has 0 unspecified atom stereocenters. The predicted molar refractivity (Wildman–Crippen MR) is 111 cm³/mol. The largest absolute Gasteiger partial charge is 0.348 e. The summed E-state index contributed by atoms with van der Waals surface area (Å²) in [6.45, 7) is -0.0438. The fourth-order valence-corrected chi connectivity index (χ4v) is 2.69. The first kappa shape index (κ1) is 21.6.